The lowest BCUT2D eigenvalue weighted by molar-refractivity contribution is 0.468. The Balaban J connectivity index is 1.79. The molecule has 1 aliphatic rings. The highest BCUT2D eigenvalue weighted by Gasteiger charge is 2.45. The van der Waals surface area contributed by atoms with Gasteiger partial charge in [-0.25, -0.2) is 4.98 Å². The van der Waals surface area contributed by atoms with Crippen LogP contribution in [0.1, 0.15) is 36.7 Å². The zero-order chi connectivity index (χ0) is 13.2. The third kappa shape index (κ3) is 2.30. The van der Waals surface area contributed by atoms with E-state index in [4.69, 9.17) is 0 Å². The van der Waals surface area contributed by atoms with E-state index >= 15 is 0 Å². The Kier molecular flexibility index (Phi) is 3.38. The summed E-state index contributed by atoms with van der Waals surface area (Å²) >= 11 is 0. The van der Waals surface area contributed by atoms with E-state index in [1.165, 1.54) is 17.8 Å². The third-order valence-corrected chi connectivity index (χ3v) is 4.17. The first-order valence-electron chi connectivity index (χ1n) is 7.08. The fourth-order valence-electron chi connectivity index (χ4n) is 3.07. The fourth-order valence-corrected chi connectivity index (χ4v) is 3.07. The maximum atomic E-state index is 4.55. The van der Waals surface area contributed by atoms with Gasteiger partial charge in [0.25, 0.3) is 0 Å². The van der Waals surface area contributed by atoms with Gasteiger partial charge in [0.05, 0.1) is 6.04 Å². The first-order valence-corrected chi connectivity index (χ1v) is 7.08. The van der Waals surface area contributed by atoms with Crippen LogP contribution in [0.5, 0.6) is 0 Å². The summed E-state index contributed by atoms with van der Waals surface area (Å²) in [5.41, 5.74) is 1.46. The predicted molar refractivity (Wildman–Crippen MR) is 77.0 cm³/mol. The number of aryl methyl sites for hydroxylation is 1. The maximum absolute atomic E-state index is 4.55. The van der Waals surface area contributed by atoms with Crippen molar-refractivity contribution in [3.05, 3.63) is 54.1 Å². The molecule has 1 N–H and O–H groups in total. The second-order valence-corrected chi connectivity index (χ2v) is 5.25. The Hall–Kier alpha value is -1.61. The van der Waals surface area contributed by atoms with Crippen molar-refractivity contribution in [3.8, 4) is 0 Å². The van der Waals surface area contributed by atoms with Crippen LogP contribution in [0.2, 0.25) is 0 Å². The average Bonchev–Trinajstić information content (AvgIpc) is 3.10. The lowest BCUT2D eigenvalue weighted by atomic mass is 10.0. The number of aromatic nitrogens is 2. The highest BCUT2D eigenvalue weighted by Crippen LogP contribution is 2.53. The average molecular weight is 255 g/mol. The third-order valence-electron chi connectivity index (χ3n) is 4.17. The van der Waals surface area contributed by atoms with Crippen LogP contribution in [0, 0.1) is 5.92 Å². The maximum Gasteiger partial charge on any atom is 0.126 e. The predicted octanol–water partition coefficient (Wildman–Crippen LogP) is 2.97. The quantitative estimate of drug-likeness (QED) is 0.890. The summed E-state index contributed by atoms with van der Waals surface area (Å²) in [5, 5.41) is 3.46. The van der Waals surface area contributed by atoms with Gasteiger partial charge in [-0.1, -0.05) is 30.3 Å². The molecule has 1 aliphatic carbocycles. The Labute approximate surface area is 114 Å². The van der Waals surface area contributed by atoms with Crippen molar-refractivity contribution in [2.24, 2.45) is 5.92 Å². The van der Waals surface area contributed by atoms with Crippen LogP contribution in [0.3, 0.4) is 0 Å². The molecule has 0 bridgehead atoms. The zero-order valence-corrected chi connectivity index (χ0v) is 11.6. The minimum absolute atomic E-state index is 0.361. The second kappa shape index (κ2) is 5.17. The van der Waals surface area contributed by atoms with Gasteiger partial charge >= 0.3 is 0 Å². The summed E-state index contributed by atoms with van der Waals surface area (Å²) in [5.74, 6) is 2.52. The van der Waals surface area contributed by atoms with Crippen LogP contribution in [0.25, 0.3) is 0 Å². The van der Waals surface area contributed by atoms with Crippen molar-refractivity contribution < 1.29 is 0 Å². The summed E-state index contributed by atoms with van der Waals surface area (Å²) in [6.45, 7) is 3.15. The van der Waals surface area contributed by atoms with Crippen LogP contribution < -0.4 is 5.32 Å². The Morgan fingerprint density at radius 2 is 2.16 bits per heavy atom. The van der Waals surface area contributed by atoms with E-state index < -0.39 is 0 Å². The number of nitrogens with zero attached hydrogens (tertiary/aromatic N) is 2. The van der Waals surface area contributed by atoms with Gasteiger partial charge in [0.15, 0.2) is 0 Å². The largest absolute Gasteiger partial charge is 0.334 e. The van der Waals surface area contributed by atoms with Crippen molar-refractivity contribution in [1.82, 2.24) is 14.9 Å². The summed E-state index contributed by atoms with van der Waals surface area (Å²) in [7, 11) is 2.04. The topological polar surface area (TPSA) is 29.9 Å². The monoisotopic (exact) mass is 255 g/mol. The zero-order valence-electron chi connectivity index (χ0n) is 11.6. The second-order valence-electron chi connectivity index (χ2n) is 5.25. The van der Waals surface area contributed by atoms with E-state index in [1.54, 1.807) is 0 Å². The molecule has 0 spiro atoms. The summed E-state index contributed by atoms with van der Waals surface area (Å²) in [6, 6.07) is 11.2. The molecule has 1 heterocycles. The van der Waals surface area contributed by atoms with E-state index in [1.807, 2.05) is 13.2 Å². The molecule has 1 aromatic carbocycles. The molecular formula is C16H21N3. The summed E-state index contributed by atoms with van der Waals surface area (Å²) < 4.78 is 2.24. The number of nitrogens with one attached hydrogen (secondary N) is 1. The number of hydrogen-bond acceptors (Lipinski definition) is 2. The Bertz CT molecular complexity index is 532. The van der Waals surface area contributed by atoms with E-state index in [0.717, 1.165) is 6.54 Å². The van der Waals surface area contributed by atoms with E-state index in [2.05, 4.69) is 58.3 Å². The molecule has 0 radical (unpaired) electrons. The molecule has 3 rings (SSSR count). The first kappa shape index (κ1) is 12.4. The Morgan fingerprint density at radius 1 is 1.37 bits per heavy atom. The van der Waals surface area contributed by atoms with Crippen LogP contribution in [0.15, 0.2) is 42.7 Å². The minimum Gasteiger partial charge on any atom is -0.334 e. The van der Waals surface area contributed by atoms with Gasteiger partial charge in [0.1, 0.15) is 5.82 Å². The van der Waals surface area contributed by atoms with E-state index in [-0.39, 0.29) is 0 Å². The molecular weight excluding hydrogens is 234 g/mol. The van der Waals surface area contributed by atoms with Crippen LogP contribution in [-0.2, 0) is 6.54 Å². The van der Waals surface area contributed by atoms with Crippen molar-refractivity contribution in [2.45, 2.75) is 31.8 Å². The number of imidazole rings is 1. The SMILES string of the molecule is CCn1ccnc1C(NC)C1CC1c1ccccc1. The minimum atomic E-state index is 0.361. The van der Waals surface area contributed by atoms with Crippen molar-refractivity contribution >= 4 is 0 Å². The molecule has 3 nitrogen and oxygen atoms in total. The lowest BCUT2D eigenvalue weighted by Gasteiger charge is -2.17. The molecule has 3 atom stereocenters. The molecule has 0 amide bonds. The summed E-state index contributed by atoms with van der Waals surface area (Å²) in [6.07, 6.45) is 5.23. The fraction of sp³-hybridized carbons (Fsp3) is 0.438. The van der Waals surface area contributed by atoms with Gasteiger partial charge in [-0.15, -0.1) is 0 Å². The molecule has 2 aromatic rings. The standard InChI is InChI=1S/C16H21N3/c1-3-19-10-9-18-16(19)15(17-2)14-11-13(14)12-7-5-4-6-8-12/h4-10,13-15,17H,3,11H2,1-2H3. The Morgan fingerprint density at radius 3 is 2.84 bits per heavy atom. The molecule has 19 heavy (non-hydrogen) atoms. The number of hydrogen-bond donors (Lipinski definition) is 1. The number of benzene rings is 1. The highest BCUT2D eigenvalue weighted by molar-refractivity contribution is 5.27. The van der Waals surface area contributed by atoms with E-state index in [9.17, 15) is 0 Å². The molecule has 1 aromatic heterocycles. The molecule has 1 fully saturated rings. The molecule has 3 heteroatoms. The van der Waals surface area contributed by atoms with Gasteiger partial charge in [0.2, 0.25) is 0 Å². The molecule has 0 saturated heterocycles. The van der Waals surface area contributed by atoms with Crippen molar-refractivity contribution in [2.75, 3.05) is 7.05 Å². The summed E-state index contributed by atoms with van der Waals surface area (Å²) in [4.78, 5) is 4.55. The smallest absolute Gasteiger partial charge is 0.126 e. The molecule has 0 aliphatic heterocycles. The first-order chi connectivity index (χ1) is 9.35. The molecule has 3 unspecified atom stereocenters. The van der Waals surface area contributed by atoms with Crippen molar-refractivity contribution in [3.63, 3.8) is 0 Å². The number of rotatable bonds is 5. The van der Waals surface area contributed by atoms with E-state index in [0.29, 0.717) is 17.9 Å². The van der Waals surface area contributed by atoms with Gasteiger partial charge in [0, 0.05) is 18.9 Å². The highest BCUT2D eigenvalue weighted by atomic mass is 15.1. The van der Waals surface area contributed by atoms with Gasteiger partial charge in [-0.05, 0) is 37.8 Å². The molecule has 100 valence electrons. The van der Waals surface area contributed by atoms with Crippen LogP contribution in [0.4, 0.5) is 0 Å². The van der Waals surface area contributed by atoms with Gasteiger partial charge < -0.3 is 9.88 Å². The van der Waals surface area contributed by atoms with Crippen molar-refractivity contribution in [1.29, 1.82) is 0 Å². The van der Waals surface area contributed by atoms with Gasteiger partial charge in [-0.3, -0.25) is 0 Å². The molecule has 1 saturated carbocycles. The van der Waals surface area contributed by atoms with Crippen LogP contribution >= 0.6 is 0 Å². The van der Waals surface area contributed by atoms with Crippen LogP contribution in [-0.4, -0.2) is 16.6 Å². The van der Waals surface area contributed by atoms with Gasteiger partial charge in [-0.2, -0.15) is 0 Å². The lowest BCUT2D eigenvalue weighted by Crippen LogP contribution is -2.23. The normalized spacial score (nSPS) is 23.3.